The third kappa shape index (κ3) is 2.95. The van der Waals surface area contributed by atoms with Crippen molar-refractivity contribution < 1.29 is 14.3 Å². The molecule has 1 rings (SSSR count). The van der Waals surface area contributed by atoms with Gasteiger partial charge in [-0.3, -0.25) is 4.79 Å². The van der Waals surface area contributed by atoms with Crippen molar-refractivity contribution in [2.75, 3.05) is 7.11 Å². The van der Waals surface area contributed by atoms with Crippen LogP contribution in [0.2, 0.25) is 0 Å². The fourth-order valence-corrected chi connectivity index (χ4v) is 1.24. The van der Waals surface area contributed by atoms with Crippen LogP contribution in [0.15, 0.2) is 43.0 Å². The lowest BCUT2D eigenvalue weighted by molar-refractivity contribution is -0.144. The molecule has 1 aromatic carbocycles. The van der Waals surface area contributed by atoms with Crippen LogP contribution in [0.1, 0.15) is 11.6 Å². The van der Waals surface area contributed by atoms with Gasteiger partial charge in [0.15, 0.2) is 6.04 Å². The van der Waals surface area contributed by atoms with Gasteiger partial charge in [-0.15, -0.1) is 0 Å². The highest BCUT2D eigenvalue weighted by Gasteiger charge is 2.21. The summed E-state index contributed by atoms with van der Waals surface area (Å²) in [5.41, 5.74) is 0.671. The van der Waals surface area contributed by atoms with Crippen molar-refractivity contribution in [1.29, 1.82) is 0 Å². The molecule has 0 aromatic heterocycles. The molecule has 1 amide bonds. The Morgan fingerprint density at radius 1 is 1.38 bits per heavy atom. The molecular weight excluding hydrogens is 206 g/mol. The van der Waals surface area contributed by atoms with E-state index in [2.05, 4.69) is 16.6 Å². The molecule has 0 unspecified atom stereocenters. The quantitative estimate of drug-likeness (QED) is 0.611. The molecule has 0 bridgehead atoms. The number of hydrogen-bond donors (Lipinski definition) is 1. The molecular formula is C12H13NO3. The fraction of sp³-hybridized carbons (Fsp3) is 0.167. The van der Waals surface area contributed by atoms with Gasteiger partial charge in [0.25, 0.3) is 0 Å². The summed E-state index contributed by atoms with van der Waals surface area (Å²) in [6, 6.07) is 8.08. The summed E-state index contributed by atoms with van der Waals surface area (Å²) < 4.78 is 4.62. The van der Waals surface area contributed by atoms with Gasteiger partial charge in [0.2, 0.25) is 5.91 Å². The molecule has 84 valence electrons. The zero-order valence-corrected chi connectivity index (χ0v) is 8.97. The van der Waals surface area contributed by atoms with Gasteiger partial charge in [-0.1, -0.05) is 36.9 Å². The minimum absolute atomic E-state index is 0.417. The van der Waals surface area contributed by atoms with Gasteiger partial charge in [0.05, 0.1) is 7.11 Å². The fourth-order valence-electron chi connectivity index (χ4n) is 1.24. The summed E-state index contributed by atoms with van der Waals surface area (Å²) in [5, 5.41) is 2.50. The van der Waals surface area contributed by atoms with E-state index in [0.29, 0.717) is 5.56 Å². The van der Waals surface area contributed by atoms with E-state index in [1.807, 2.05) is 6.07 Å². The summed E-state index contributed by atoms with van der Waals surface area (Å²) in [5.74, 6) is -0.930. The van der Waals surface area contributed by atoms with E-state index in [9.17, 15) is 9.59 Å². The van der Waals surface area contributed by atoms with Gasteiger partial charge >= 0.3 is 5.97 Å². The Hall–Kier alpha value is -2.10. The van der Waals surface area contributed by atoms with Crippen molar-refractivity contribution >= 4 is 11.9 Å². The molecule has 0 heterocycles. The van der Waals surface area contributed by atoms with Crippen molar-refractivity contribution in [2.45, 2.75) is 6.04 Å². The number of amides is 1. The molecule has 4 heteroatoms. The van der Waals surface area contributed by atoms with Crippen LogP contribution < -0.4 is 5.32 Å². The minimum Gasteiger partial charge on any atom is -0.467 e. The van der Waals surface area contributed by atoms with Crippen molar-refractivity contribution in [2.24, 2.45) is 0 Å². The number of nitrogens with one attached hydrogen (secondary N) is 1. The second-order valence-electron chi connectivity index (χ2n) is 3.08. The van der Waals surface area contributed by atoms with E-state index < -0.39 is 17.9 Å². The summed E-state index contributed by atoms with van der Waals surface area (Å²) in [6.07, 6.45) is 1.11. The van der Waals surface area contributed by atoms with Crippen molar-refractivity contribution in [3.05, 3.63) is 48.6 Å². The van der Waals surface area contributed by atoms with Gasteiger partial charge in [0, 0.05) is 0 Å². The summed E-state index contributed by atoms with van der Waals surface area (Å²) >= 11 is 0. The number of esters is 1. The average Bonchev–Trinajstić information content (AvgIpc) is 2.35. The Kier molecular flexibility index (Phi) is 4.27. The molecule has 0 aliphatic carbocycles. The van der Waals surface area contributed by atoms with Crippen LogP contribution in [0, 0.1) is 0 Å². The topological polar surface area (TPSA) is 55.4 Å². The van der Waals surface area contributed by atoms with Crippen LogP contribution in [0.4, 0.5) is 0 Å². The monoisotopic (exact) mass is 219 g/mol. The lowest BCUT2D eigenvalue weighted by atomic mass is 10.1. The van der Waals surface area contributed by atoms with Gasteiger partial charge in [-0.25, -0.2) is 4.79 Å². The van der Waals surface area contributed by atoms with Gasteiger partial charge in [0.1, 0.15) is 0 Å². The molecule has 0 aliphatic heterocycles. The number of methoxy groups -OCH3 is 1. The molecule has 1 N–H and O–H groups in total. The van der Waals surface area contributed by atoms with E-state index in [1.165, 1.54) is 7.11 Å². The molecule has 0 saturated carbocycles. The Labute approximate surface area is 93.9 Å². The van der Waals surface area contributed by atoms with Gasteiger partial charge in [-0.2, -0.15) is 0 Å². The van der Waals surface area contributed by atoms with Crippen LogP contribution in [0.3, 0.4) is 0 Å². The number of carbonyl (C=O) groups is 2. The largest absolute Gasteiger partial charge is 0.467 e. The van der Waals surface area contributed by atoms with E-state index in [0.717, 1.165) is 6.08 Å². The number of ether oxygens (including phenoxy) is 1. The number of rotatable bonds is 4. The third-order valence-corrected chi connectivity index (χ3v) is 2.04. The predicted molar refractivity (Wildman–Crippen MR) is 59.5 cm³/mol. The number of benzene rings is 1. The lowest BCUT2D eigenvalue weighted by Crippen LogP contribution is -2.33. The highest BCUT2D eigenvalue weighted by atomic mass is 16.5. The van der Waals surface area contributed by atoms with Crippen LogP contribution in [0.5, 0.6) is 0 Å². The zero-order chi connectivity index (χ0) is 12.0. The zero-order valence-electron chi connectivity index (χ0n) is 8.97. The summed E-state index contributed by atoms with van der Waals surface area (Å²) in [7, 11) is 1.28. The van der Waals surface area contributed by atoms with E-state index in [1.54, 1.807) is 24.3 Å². The summed E-state index contributed by atoms with van der Waals surface area (Å²) in [4.78, 5) is 22.7. The first kappa shape index (κ1) is 12.0. The maximum atomic E-state index is 11.5. The van der Waals surface area contributed by atoms with Crippen LogP contribution >= 0.6 is 0 Å². The van der Waals surface area contributed by atoms with Crippen molar-refractivity contribution in [1.82, 2.24) is 5.32 Å². The highest BCUT2D eigenvalue weighted by Crippen LogP contribution is 2.13. The van der Waals surface area contributed by atoms with Crippen molar-refractivity contribution in [3.63, 3.8) is 0 Å². The molecule has 16 heavy (non-hydrogen) atoms. The molecule has 1 aromatic rings. The Morgan fingerprint density at radius 2 is 2.00 bits per heavy atom. The standard InChI is InChI=1S/C12H13NO3/c1-3-10(14)13-11(12(15)16-2)9-7-5-4-6-8-9/h3-8,11H,1H2,2H3,(H,13,14)/t11-/m0/s1. The molecule has 4 nitrogen and oxygen atoms in total. The highest BCUT2D eigenvalue weighted by molar-refractivity contribution is 5.91. The molecule has 1 atom stereocenters. The van der Waals surface area contributed by atoms with Crippen LogP contribution in [-0.2, 0) is 14.3 Å². The number of hydrogen-bond acceptors (Lipinski definition) is 3. The minimum atomic E-state index is -0.795. The molecule has 0 spiro atoms. The van der Waals surface area contributed by atoms with Gasteiger partial charge in [-0.05, 0) is 11.6 Å². The first-order chi connectivity index (χ1) is 7.69. The number of carbonyl (C=O) groups excluding carboxylic acids is 2. The van der Waals surface area contributed by atoms with Gasteiger partial charge < -0.3 is 10.1 Å². The third-order valence-electron chi connectivity index (χ3n) is 2.04. The second-order valence-corrected chi connectivity index (χ2v) is 3.08. The first-order valence-electron chi connectivity index (χ1n) is 4.74. The normalized spacial score (nSPS) is 11.3. The average molecular weight is 219 g/mol. The van der Waals surface area contributed by atoms with E-state index in [-0.39, 0.29) is 0 Å². The Bertz CT molecular complexity index is 387. The maximum absolute atomic E-state index is 11.5. The smallest absolute Gasteiger partial charge is 0.333 e. The Balaban J connectivity index is 2.92. The summed E-state index contributed by atoms with van der Waals surface area (Å²) in [6.45, 7) is 3.33. The SMILES string of the molecule is C=CC(=O)N[C@H](C(=O)OC)c1ccccc1. The molecule has 0 aliphatic rings. The first-order valence-corrected chi connectivity index (χ1v) is 4.74. The lowest BCUT2D eigenvalue weighted by Gasteiger charge is -2.15. The van der Waals surface area contributed by atoms with Crippen LogP contribution in [0.25, 0.3) is 0 Å². The molecule has 0 fully saturated rings. The second kappa shape index (κ2) is 5.70. The maximum Gasteiger partial charge on any atom is 0.333 e. The van der Waals surface area contributed by atoms with Crippen LogP contribution in [-0.4, -0.2) is 19.0 Å². The molecule has 0 saturated heterocycles. The van der Waals surface area contributed by atoms with E-state index in [4.69, 9.17) is 0 Å². The van der Waals surface area contributed by atoms with E-state index >= 15 is 0 Å². The van der Waals surface area contributed by atoms with Crippen molar-refractivity contribution in [3.8, 4) is 0 Å². The predicted octanol–water partition coefficient (Wildman–Crippen LogP) is 1.20. The molecule has 0 radical (unpaired) electrons. The Morgan fingerprint density at radius 3 is 2.50 bits per heavy atom.